The van der Waals surface area contributed by atoms with Gasteiger partial charge >= 0.3 is 0 Å². The molecule has 0 radical (unpaired) electrons. The molecule has 0 fully saturated rings. The zero-order chi connectivity index (χ0) is 14.3. The fourth-order valence-corrected chi connectivity index (χ4v) is 1.40. The minimum absolute atomic E-state index is 0.102. The Morgan fingerprint density at radius 3 is 2.47 bits per heavy atom. The normalized spacial score (nSPS) is 11.7. The van der Waals surface area contributed by atoms with Crippen molar-refractivity contribution in [2.45, 2.75) is 19.4 Å². The van der Waals surface area contributed by atoms with Gasteiger partial charge in [0.2, 0.25) is 5.91 Å². The van der Waals surface area contributed by atoms with Crippen LogP contribution in [-0.2, 0) is 4.79 Å². The number of benzene rings is 1. The van der Waals surface area contributed by atoms with Crippen LogP contribution in [0.25, 0.3) is 0 Å². The van der Waals surface area contributed by atoms with Crippen LogP contribution >= 0.6 is 0 Å². The van der Waals surface area contributed by atoms with Crippen molar-refractivity contribution >= 4 is 17.5 Å². The molecule has 5 N–H and O–H groups in total. The van der Waals surface area contributed by atoms with E-state index >= 15 is 0 Å². The summed E-state index contributed by atoms with van der Waals surface area (Å²) in [6.07, 6.45) is 0.563. The Bertz CT molecular complexity index is 431. The van der Waals surface area contributed by atoms with Crippen molar-refractivity contribution in [2.75, 3.05) is 18.5 Å². The zero-order valence-electron chi connectivity index (χ0n) is 10.8. The van der Waals surface area contributed by atoms with Gasteiger partial charge in [-0.3, -0.25) is 9.59 Å². The first kappa shape index (κ1) is 15.1. The zero-order valence-corrected chi connectivity index (χ0v) is 10.8. The Morgan fingerprint density at radius 1 is 1.32 bits per heavy atom. The minimum atomic E-state index is -0.535. The van der Waals surface area contributed by atoms with Crippen molar-refractivity contribution in [1.82, 2.24) is 5.32 Å². The molecule has 0 aliphatic carbocycles. The summed E-state index contributed by atoms with van der Waals surface area (Å²) in [6.45, 7) is 1.94. The molecule has 0 saturated heterocycles. The van der Waals surface area contributed by atoms with Crippen LogP contribution in [0.5, 0.6) is 0 Å². The Hall–Kier alpha value is -1.92. The molecule has 0 saturated carbocycles. The third-order valence-electron chi connectivity index (χ3n) is 2.59. The predicted molar refractivity (Wildman–Crippen MR) is 72.8 cm³/mol. The molecule has 2 amide bonds. The van der Waals surface area contributed by atoms with Gasteiger partial charge < -0.3 is 21.5 Å². The van der Waals surface area contributed by atoms with Crippen molar-refractivity contribution in [3.8, 4) is 0 Å². The van der Waals surface area contributed by atoms with E-state index in [1.54, 1.807) is 24.3 Å². The number of anilines is 1. The standard InChI is InChI=1S/C13H19N3O3/c1-2-11(14)13(19)16-10-5-3-9(4-6-10)12(18)15-7-8-17/h3-6,11,17H,2,7-8,14H2,1H3,(H,15,18)(H,16,19)/t11-/m1/s1. The van der Waals surface area contributed by atoms with Crippen molar-refractivity contribution in [3.05, 3.63) is 29.8 Å². The molecule has 1 atom stereocenters. The molecule has 6 heteroatoms. The quantitative estimate of drug-likeness (QED) is 0.585. The van der Waals surface area contributed by atoms with Crippen LogP contribution < -0.4 is 16.4 Å². The van der Waals surface area contributed by atoms with E-state index in [2.05, 4.69) is 10.6 Å². The number of amides is 2. The van der Waals surface area contributed by atoms with Crippen LogP contribution in [0.4, 0.5) is 5.69 Å². The van der Waals surface area contributed by atoms with Gasteiger partial charge in [0.25, 0.3) is 5.91 Å². The maximum absolute atomic E-state index is 11.6. The number of hydrogen-bond acceptors (Lipinski definition) is 4. The fourth-order valence-electron chi connectivity index (χ4n) is 1.40. The molecule has 0 heterocycles. The monoisotopic (exact) mass is 265 g/mol. The largest absolute Gasteiger partial charge is 0.395 e. The van der Waals surface area contributed by atoms with Crippen LogP contribution in [-0.4, -0.2) is 36.1 Å². The van der Waals surface area contributed by atoms with Crippen LogP contribution in [0, 0.1) is 0 Å². The summed E-state index contributed by atoms with van der Waals surface area (Å²) in [5, 5.41) is 13.8. The Labute approximate surface area is 112 Å². The summed E-state index contributed by atoms with van der Waals surface area (Å²) in [5.74, 6) is -0.517. The topological polar surface area (TPSA) is 104 Å². The van der Waals surface area contributed by atoms with Gasteiger partial charge in [-0.05, 0) is 30.7 Å². The lowest BCUT2D eigenvalue weighted by Crippen LogP contribution is -2.34. The second-order valence-corrected chi connectivity index (χ2v) is 4.06. The highest BCUT2D eigenvalue weighted by Gasteiger charge is 2.11. The molecular formula is C13H19N3O3. The van der Waals surface area contributed by atoms with Crippen LogP contribution in [0.15, 0.2) is 24.3 Å². The molecule has 104 valence electrons. The number of hydrogen-bond donors (Lipinski definition) is 4. The summed E-state index contributed by atoms with van der Waals surface area (Å²) in [4.78, 5) is 23.1. The average Bonchev–Trinajstić information content (AvgIpc) is 2.44. The van der Waals surface area contributed by atoms with Crippen molar-refractivity contribution in [3.63, 3.8) is 0 Å². The second kappa shape index (κ2) is 7.50. The third-order valence-corrected chi connectivity index (χ3v) is 2.59. The first-order chi connectivity index (χ1) is 9.08. The summed E-state index contributed by atoms with van der Waals surface area (Å²) < 4.78 is 0. The highest BCUT2D eigenvalue weighted by molar-refractivity contribution is 5.97. The van der Waals surface area contributed by atoms with Crippen molar-refractivity contribution in [1.29, 1.82) is 0 Å². The molecule has 0 unspecified atom stereocenters. The summed E-state index contributed by atoms with van der Waals surface area (Å²) in [5.41, 5.74) is 6.65. The van der Waals surface area contributed by atoms with Gasteiger partial charge in [0.15, 0.2) is 0 Å². The lowest BCUT2D eigenvalue weighted by atomic mass is 10.1. The Balaban J connectivity index is 2.61. The molecule has 6 nitrogen and oxygen atoms in total. The van der Waals surface area contributed by atoms with Gasteiger partial charge in [-0.1, -0.05) is 6.92 Å². The molecule has 0 spiro atoms. The highest BCUT2D eigenvalue weighted by atomic mass is 16.3. The number of carbonyl (C=O) groups is 2. The van der Waals surface area contributed by atoms with E-state index in [1.165, 1.54) is 0 Å². The molecule has 1 aromatic rings. The smallest absolute Gasteiger partial charge is 0.251 e. The maximum Gasteiger partial charge on any atom is 0.251 e. The number of rotatable bonds is 6. The van der Waals surface area contributed by atoms with Gasteiger partial charge in [0, 0.05) is 17.8 Å². The number of nitrogens with one attached hydrogen (secondary N) is 2. The Morgan fingerprint density at radius 2 is 1.95 bits per heavy atom. The van der Waals surface area contributed by atoms with Gasteiger partial charge in [-0.15, -0.1) is 0 Å². The van der Waals surface area contributed by atoms with Crippen molar-refractivity contribution in [2.24, 2.45) is 5.73 Å². The number of nitrogens with two attached hydrogens (primary N) is 1. The number of carbonyl (C=O) groups excluding carboxylic acids is 2. The van der Waals surface area contributed by atoms with E-state index < -0.39 is 6.04 Å². The first-order valence-electron chi connectivity index (χ1n) is 6.14. The lowest BCUT2D eigenvalue weighted by molar-refractivity contribution is -0.117. The van der Waals surface area contributed by atoms with E-state index in [1.807, 2.05) is 6.92 Å². The summed E-state index contributed by atoms with van der Waals surface area (Å²) in [7, 11) is 0. The van der Waals surface area contributed by atoms with Gasteiger partial charge in [-0.2, -0.15) is 0 Å². The molecule has 0 bridgehead atoms. The molecule has 1 aromatic carbocycles. The van der Waals surface area contributed by atoms with E-state index in [9.17, 15) is 9.59 Å². The van der Waals surface area contributed by atoms with E-state index in [0.717, 1.165) is 0 Å². The van der Waals surface area contributed by atoms with E-state index in [0.29, 0.717) is 17.7 Å². The molecule has 19 heavy (non-hydrogen) atoms. The minimum Gasteiger partial charge on any atom is -0.395 e. The van der Waals surface area contributed by atoms with Crippen LogP contribution in [0.3, 0.4) is 0 Å². The molecular weight excluding hydrogens is 246 g/mol. The summed E-state index contributed by atoms with van der Waals surface area (Å²) >= 11 is 0. The maximum atomic E-state index is 11.6. The average molecular weight is 265 g/mol. The molecule has 0 aliphatic rings. The molecule has 1 rings (SSSR count). The lowest BCUT2D eigenvalue weighted by Gasteiger charge is -2.10. The van der Waals surface area contributed by atoms with E-state index in [-0.39, 0.29) is 25.0 Å². The van der Waals surface area contributed by atoms with Gasteiger partial charge in [-0.25, -0.2) is 0 Å². The second-order valence-electron chi connectivity index (χ2n) is 4.06. The SMILES string of the molecule is CC[C@@H](N)C(=O)Nc1ccc(C(=O)NCCO)cc1. The third kappa shape index (κ3) is 4.69. The predicted octanol–water partition coefficient (Wildman–Crippen LogP) is 0.0845. The van der Waals surface area contributed by atoms with Crippen LogP contribution in [0.2, 0.25) is 0 Å². The fraction of sp³-hybridized carbons (Fsp3) is 0.385. The highest BCUT2D eigenvalue weighted by Crippen LogP contribution is 2.10. The molecule has 0 aromatic heterocycles. The summed E-state index contributed by atoms with van der Waals surface area (Å²) in [6, 6.07) is 5.93. The van der Waals surface area contributed by atoms with Crippen molar-refractivity contribution < 1.29 is 14.7 Å². The van der Waals surface area contributed by atoms with Gasteiger partial charge in [0.05, 0.1) is 12.6 Å². The van der Waals surface area contributed by atoms with Crippen LogP contribution in [0.1, 0.15) is 23.7 Å². The Kier molecular flexibility index (Phi) is 5.98. The number of aliphatic hydroxyl groups is 1. The molecule has 0 aliphatic heterocycles. The van der Waals surface area contributed by atoms with E-state index in [4.69, 9.17) is 10.8 Å². The van der Waals surface area contributed by atoms with Gasteiger partial charge in [0.1, 0.15) is 0 Å². The number of aliphatic hydroxyl groups excluding tert-OH is 1. The first-order valence-corrected chi connectivity index (χ1v) is 6.14.